The second-order valence-electron chi connectivity index (χ2n) is 6.01. The summed E-state index contributed by atoms with van der Waals surface area (Å²) in [6.07, 6.45) is 3.10. The quantitative estimate of drug-likeness (QED) is 0.744. The summed E-state index contributed by atoms with van der Waals surface area (Å²) in [5, 5.41) is 10.9. The van der Waals surface area contributed by atoms with Crippen molar-refractivity contribution in [3.8, 4) is 0 Å². The second kappa shape index (κ2) is 6.96. The van der Waals surface area contributed by atoms with Gasteiger partial charge >= 0.3 is 6.03 Å². The van der Waals surface area contributed by atoms with E-state index in [1.807, 2.05) is 25.1 Å². The molecule has 0 saturated heterocycles. The zero-order chi connectivity index (χ0) is 17.1. The van der Waals surface area contributed by atoms with Gasteiger partial charge in [0.25, 0.3) is 0 Å². The molecule has 8 heteroatoms. The molecule has 3 aromatic rings. The third kappa shape index (κ3) is 3.88. The average Bonchev–Trinajstić information content (AvgIpc) is 3.15. The summed E-state index contributed by atoms with van der Waals surface area (Å²) in [6.45, 7) is 6.74. The molecule has 3 rings (SSSR count). The summed E-state index contributed by atoms with van der Waals surface area (Å²) in [7, 11) is 0. The Hall–Kier alpha value is -2.48. The molecule has 7 nitrogen and oxygen atoms in total. The van der Waals surface area contributed by atoms with E-state index in [2.05, 4.69) is 39.5 Å². The number of carbonyl (C=O) groups excluding carboxylic acids is 1. The molecule has 2 N–H and O–H groups in total. The maximum Gasteiger partial charge on any atom is 0.319 e. The number of thiazole rings is 1. The monoisotopic (exact) mass is 344 g/mol. The smallest absolute Gasteiger partial charge is 0.319 e. The molecule has 0 unspecified atom stereocenters. The maximum absolute atomic E-state index is 12.1. The summed E-state index contributed by atoms with van der Waals surface area (Å²) in [5.41, 5.74) is 1.72. The highest BCUT2D eigenvalue weighted by atomic mass is 32.1. The van der Waals surface area contributed by atoms with E-state index in [1.54, 1.807) is 22.3 Å². The van der Waals surface area contributed by atoms with Gasteiger partial charge < -0.3 is 10.6 Å². The van der Waals surface area contributed by atoms with Crippen LogP contribution in [0.4, 0.5) is 10.5 Å². The predicted octanol–water partition coefficient (Wildman–Crippen LogP) is 3.22. The Bertz CT molecular complexity index is 826. The van der Waals surface area contributed by atoms with Gasteiger partial charge in [-0.1, -0.05) is 13.8 Å². The number of urea groups is 1. The van der Waals surface area contributed by atoms with E-state index in [4.69, 9.17) is 0 Å². The highest BCUT2D eigenvalue weighted by Crippen LogP contribution is 2.29. The average molecular weight is 344 g/mol. The fraction of sp³-hybridized carbons (Fsp3) is 0.375. The van der Waals surface area contributed by atoms with Gasteiger partial charge in [0, 0.05) is 17.6 Å². The van der Waals surface area contributed by atoms with E-state index < -0.39 is 0 Å². The lowest BCUT2D eigenvalue weighted by atomic mass is 10.2. The van der Waals surface area contributed by atoms with Gasteiger partial charge in [-0.15, -0.1) is 11.3 Å². The van der Waals surface area contributed by atoms with Crippen LogP contribution in [0.5, 0.6) is 0 Å². The number of nitrogens with zero attached hydrogens (tertiary/aromatic N) is 4. The number of amides is 2. The fourth-order valence-corrected chi connectivity index (χ4v) is 3.32. The number of fused-ring (bicyclic) bond motifs is 1. The first-order chi connectivity index (χ1) is 11.5. The Labute approximate surface area is 144 Å². The molecule has 2 amide bonds. The van der Waals surface area contributed by atoms with Crippen molar-refractivity contribution < 1.29 is 4.79 Å². The summed E-state index contributed by atoms with van der Waals surface area (Å²) in [4.78, 5) is 20.6. The van der Waals surface area contributed by atoms with Crippen LogP contribution in [0, 0.1) is 0 Å². The van der Waals surface area contributed by atoms with Crippen LogP contribution < -0.4 is 10.6 Å². The lowest BCUT2D eigenvalue weighted by molar-refractivity contribution is 0.247. The number of carbonyl (C=O) groups is 1. The van der Waals surface area contributed by atoms with Crippen LogP contribution in [0.3, 0.4) is 0 Å². The minimum Gasteiger partial charge on any atom is -0.334 e. The van der Waals surface area contributed by atoms with Crippen LogP contribution >= 0.6 is 11.3 Å². The van der Waals surface area contributed by atoms with Crippen molar-refractivity contribution >= 4 is 33.3 Å². The molecule has 2 aromatic heterocycles. The minimum atomic E-state index is -0.240. The summed E-state index contributed by atoms with van der Waals surface area (Å²) in [5.74, 6) is 0.403. The molecule has 0 radical (unpaired) electrons. The Morgan fingerprint density at radius 3 is 2.88 bits per heavy atom. The van der Waals surface area contributed by atoms with Crippen molar-refractivity contribution in [2.75, 3.05) is 5.32 Å². The van der Waals surface area contributed by atoms with Crippen molar-refractivity contribution in [3.63, 3.8) is 0 Å². The predicted molar refractivity (Wildman–Crippen MR) is 95.3 cm³/mol. The Kier molecular flexibility index (Phi) is 4.75. The van der Waals surface area contributed by atoms with E-state index in [1.165, 1.54) is 6.33 Å². The SMILES string of the molecule is CC(C)c1nc2ccc(NC(=O)N[C@H](C)Cn3cncn3)cc2s1. The van der Waals surface area contributed by atoms with Gasteiger partial charge in [0.1, 0.15) is 12.7 Å². The van der Waals surface area contributed by atoms with Crippen LogP contribution in [0.25, 0.3) is 10.2 Å². The molecule has 0 aliphatic carbocycles. The zero-order valence-electron chi connectivity index (χ0n) is 13.9. The Morgan fingerprint density at radius 2 is 2.17 bits per heavy atom. The molecular weight excluding hydrogens is 324 g/mol. The molecule has 0 spiro atoms. The van der Waals surface area contributed by atoms with Crippen LogP contribution in [0.15, 0.2) is 30.9 Å². The molecule has 0 saturated carbocycles. The van der Waals surface area contributed by atoms with Gasteiger partial charge in [-0.05, 0) is 25.1 Å². The van der Waals surface area contributed by atoms with Gasteiger partial charge in [-0.3, -0.25) is 4.68 Å². The summed E-state index contributed by atoms with van der Waals surface area (Å²) < 4.78 is 2.76. The lowest BCUT2D eigenvalue weighted by Crippen LogP contribution is -2.38. The Balaban J connectivity index is 1.62. The van der Waals surface area contributed by atoms with E-state index in [-0.39, 0.29) is 12.1 Å². The third-order valence-corrected chi connectivity index (χ3v) is 4.78. The summed E-state index contributed by atoms with van der Waals surface area (Å²) in [6, 6.07) is 5.46. The van der Waals surface area contributed by atoms with Crippen molar-refractivity contribution in [2.45, 2.75) is 39.3 Å². The van der Waals surface area contributed by atoms with Crippen molar-refractivity contribution in [3.05, 3.63) is 35.9 Å². The molecule has 0 aliphatic heterocycles. The number of rotatable bonds is 5. The Morgan fingerprint density at radius 1 is 1.33 bits per heavy atom. The first-order valence-electron chi connectivity index (χ1n) is 7.81. The molecule has 24 heavy (non-hydrogen) atoms. The number of anilines is 1. The van der Waals surface area contributed by atoms with Crippen LogP contribution in [0.2, 0.25) is 0 Å². The molecule has 126 valence electrons. The summed E-state index contributed by atoms with van der Waals surface area (Å²) >= 11 is 1.66. The maximum atomic E-state index is 12.1. The minimum absolute atomic E-state index is 0.0635. The largest absolute Gasteiger partial charge is 0.334 e. The molecular formula is C16H20N6OS. The van der Waals surface area contributed by atoms with Crippen molar-refractivity contribution in [1.82, 2.24) is 25.1 Å². The van der Waals surface area contributed by atoms with E-state index in [9.17, 15) is 4.79 Å². The van der Waals surface area contributed by atoms with Gasteiger partial charge in [-0.2, -0.15) is 5.10 Å². The first-order valence-corrected chi connectivity index (χ1v) is 8.63. The van der Waals surface area contributed by atoms with E-state index in [0.717, 1.165) is 20.9 Å². The standard InChI is InChI=1S/C16H20N6OS/c1-10(2)15-21-13-5-4-12(6-14(13)24-15)20-16(23)19-11(3)7-22-9-17-8-18-22/h4-6,8-11H,7H2,1-3H3,(H2,19,20,23)/t11-/m1/s1. The van der Waals surface area contributed by atoms with Gasteiger partial charge in [0.2, 0.25) is 0 Å². The molecule has 2 heterocycles. The molecule has 1 aromatic carbocycles. The zero-order valence-corrected chi connectivity index (χ0v) is 14.7. The molecule has 0 fully saturated rings. The number of nitrogens with one attached hydrogen (secondary N) is 2. The van der Waals surface area contributed by atoms with Gasteiger partial charge in [0.05, 0.1) is 21.8 Å². The van der Waals surface area contributed by atoms with Crippen LogP contribution in [-0.2, 0) is 6.54 Å². The van der Waals surface area contributed by atoms with Crippen LogP contribution in [-0.4, -0.2) is 31.8 Å². The lowest BCUT2D eigenvalue weighted by Gasteiger charge is -2.14. The molecule has 0 aliphatic rings. The first kappa shape index (κ1) is 16.4. The van der Waals surface area contributed by atoms with E-state index in [0.29, 0.717) is 12.5 Å². The molecule has 1 atom stereocenters. The molecule has 0 bridgehead atoms. The number of hydrogen-bond acceptors (Lipinski definition) is 5. The van der Waals surface area contributed by atoms with Crippen molar-refractivity contribution in [2.24, 2.45) is 0 Å². The van der Waals surface area contributed by atoms with Gasteiger partial charge in [-0.25, -0.2) is 14.8 Å². The topological polar surface area (TPSA) is 84.7 Å². The number of benzene rings is 1. The van der Waals surface area contributed by atoms with Crippen molar-refractivity contribution in [1.29, 1.82) is 0 Å². The second-order valence-corrected chi connectivity index (χ2v) is 7.07. The number of aromatic nitrogens is 4. The van der Waals surface area contributed by atoms with E-state index >= 15 is 0 Å². The van der Waals surface area contributed by atoms with Crippen LogP contribution in [0.1, 0.15) is 31.7 Å². The third-order valence-electron chi connectivity index (χ3n) is 3.46. The number of hydrogen-bond donors (Lipinski definition) is 2. The highest BCUT2D eigenvalue weighted by molar-refractivity contribution is 7.18. The highest BCUT2D eigenvalue weighted by Gasteiger charge is 2.11. The normalized spacial score (nSPS) is 12.5. The fourth-order valence-electron chi connectivity index (χ4n) is 2.31. The van der Waals surface area contributed by atoms with Gasteiger partial charge in [0.15, 0.2) is 0 Å².